The predicted octanol–water partition coefficient (Wildman–Crippen LogP) is 9.56. The lowest BCUT2D eigenvalue weighted by molar-refractivity contribution is 0.119. The summed E-state index contributed by atoms with van der Waals surface area (Å²) in [5.74, 6) is 1.37. The number of sulfonamides is 1. The smallest absolute Gasteiger partial charge is 0.217 e. The SMILES string of the molecule is COc1ccc(CN(Cc2ccc(OC)cc2)S(=O)(=O)[C@H](C)[C@@H](C)C/C=C(\F)[C@H](CO)N2CCC[C@H]2CN2C[C@@]3(CCCc4cc(Cl)ccc43)COc3ccc(I)cc32)cc1. The number of aliphatic hydroxyl groups excluding tert-OH is 1. The van der Waals surface area contributed by atoms with E-state index in [1.165, 1.54) is 21.5 Å². The second-order valence-electron chi connectivity index (χ2n) is 17.0. The molecule has 2 heterocycles. The van der Waals surface area contributed by atoms with Crippen molar-refractivity contribution in [3.8, 4) is 17.2 Å². The maximum atomic E-state index is 16.5. The van der Waals surface area contributed by atoms with Crippen molar-refractivity contribution in [1.29, 1.82) is 0 Å². The van der Waals surface area contributed by atoms with Crippen molar-refractivity contribution in [2.45, 2.75) is 88.2 Å². The van der Waals surface area contributed by atoms with Crippen LogP contribution in [0.2, 0.25) is 5.02 Å². The zero-order valence-electron chi connectivity index (χ0n) is 35.5. The fourth-order valence-electron chi connectivity index (χ4n) is 9.42. The highest BCUT2D eigenvalue weighted by molar-refractivity contribution is 14.1. The van der Waals surface area contributed by atoms with Crippen LogP contribution in [0.5, 0.6) is 17.2 Å². The van der Waals surface area contributed by atoms with Crippen LogP contribution < -0.4 is 19.1 Å². The van der Waals surface area contributed by atoms with Crippen molar-refractivity contribution < 1.29 is 32.1 Å². The Morgan fingerprint density at radius 1 is 1.00 bits per heavy atom. The second kappa shape index (κ2) is 20.0. The summed E-state index contributed by atoms with van der Waals surface area (Å²) in [5, 5.41) is 10.7. The molecule has 4 aromatic rings. The Labute approximate surface area is 380 Å². The summed E-state index contributed by atoms with van der Waals surface area (Å²) in [6, 6.07) is 26.4. The molecule has 1 fully saturated rings. The van der Waals surface area contributed by atoms with Crippen LogP contribution in [-0.4, -0.2) is 87.1 Å². The topological polar surface area (TPSA) is 91.8 Å². The number of halogens is 3. The summed E-state index contributed by atoms with van der Waals surface area (Å²) in [5.41, 5.74) is 5.01. The van der Waals surface area contributed by atoms with Gasteiger partial charge in [0.05, 0.1) is 44.4 Å². The van der Waals surface area contributed by atoms with E-state index in [2.05, 4.69) is 62.7 Å². The fraction of sp³-hybridized carbons (Fsp3) is 0.458. The third-order valence-electron chi connectivity index (χ3n) is 13.1. The molecule has 0 saturated carbocycles. The minimum atomic E-state index is -3.87. The Hall–Kier alpha value is -3.40. The molecule has 1 spiro atoms. The van der Waals surface area contributed by atoms with Gasteiger partial charge in [-0.05, 0) is 157 Å². The van der Waals surface area contributed by atoms with Gasteiger partial charge in [0.15, 0.2) is 0 Å². The van der Waals surface area contributed by atoms with Crippen LogP contribution in [0, 0.1) is 9.49 Å². The molecular formula is C48H58ClFIN3O6S. The van der Waals surface area contributed by atoms with E-state index >= 15 is 4.39 Å². The Morgan fingerprint density at radius 2 is 1.67 bits per heavy atom. The van der Waals surface area contributed by atoms with Crippen molar-refractivity contribution in [3.05, 3.63) is 128 Å². The minimum absolute atomic E-state index is 0.0216. The molecular weight excluding hydrogens is 928 g/mol. The van der Waals surface area contributed by atoms with E-state index in [-0.39, 0.29) is 37.6 Å². The van der Waals surface area contributed by atoms with E-state index in [0.29, 0.717) is 31.2 Å². The van der Waals surface area contributed by atoms with E-state index in [1.807, 2.05) is 61.5 Å². The molecule has 1 N–H and O–H groups in total. The maximum Gasteiger partial charge on any atom is 0.217 e. The molecule has 0 radical (unpaired) electrons. The van der Waals surface area contributed by atoms with Gasteiger partial charge >= 0.3 is 0 Å². The first-order valence-corrected chi connectivity index (χ1v) is 24.2. The highest BCUT2D eigenvalue weighted by atomic mass is 127. The van der Waals surface area contributed by atoms with Crippen molar-refractivity contribution in [2.75, 3.05) is 52.0 Å². The highest BCUT2D eigenvalue weighted by Crippen LogP contribution is 2.45. The zero-order valence-corrected chi connectivity index (χ0v) is 39.3. The highest BCUT2D eigenvalue weighted by Gasteiger charge is 2.43. The standard InChI is InChI=1S/C48H58ClFIN3O6S/c1-33(34(2)61(56,57)53(27-35-10-16-41(58-3)17-11-35)28-36-12-18-42(59-4)19-13-36)9-21-44(50)46(30-55)54-24-6-8-40(54)29-52-31-48(32-60-47-22-15-39(51)26-45(47)52)23-5-7-37-25-38(49)14-20-43(37)48/h10-22,25-26,33-34,40,46,55H,5-9,23-24,27-32H2,1-4H3/b44-21-/t33-,34+,40-,46-,48-/m0/s1. The van der Waals surface area contributed by atoms with E-state index in [1.54, 1.807) is 21.1 Å². The number of nitrogens with zero attached hydrogens (tertiary/aromatic N) is 3. The summed E-state index contributed by atoms with van der Waals surface area (Å²) < 4.78 is 65.3. The van der Waals surface area contributed by atoms with Gasteiger partial charge < -0.3 is 24.2 Å². The molecule has 9 nitrogen and oxygen atoms in total. The quantitative estimate of drug-likeness (QED) is 0.111. The van der Waals surface area contributed by atoms with E-state index in [4.69, 9.17) is 25.8 Å². The average molecular weight is 986 g/mol. The molecule has 0 aromatic heterocycles. The van der Waals surface area contributed by atoms with Crippen LogP contribution in [0.1, 0.15) is 68.2 Å². The third-order valence-corrected chi connectivity index (χ3v) is 16.4. The number of likely N-dealkylation sites (tertiary alicyclic amines) is 1. The van der Waals surface area contributed by atoms with Crippen molar-refractivity contribution in [3.63, 3.8) is 0 Å². The molecule has 61 heavy (non-hydrogen) atoms. The first-order chi connectivity index (χ1) is 29.3. The molecule has 328 valence electrons. The number of hydrogen-bond donors (Lipinski definition) is 1. The van der Waals surface area contributed by atoms with Gasteiger partial charge in [0.2, 0.25) is 10.0 Å². The normalized spacial score (nSPS) is 21.0. The second-order valence-corrected chi connectivity index (χ2v) is 20.9. The largest absolute Gasteiger partial charge is 0.497 e. The van der Waals surface area contributed by atoms with Gasteiger partial charge in [0, 0.05) is 46.2 Å². The number of allylic oxidation sites excluding steroid dienone is 1. The van der Waals surface area contributed by atoms with E-state index in [9.17, 15) is 13.5 Å². The molecule has 13 heteroatoms. The van der Waals surface area contributed by atoms with Gasteiger partial charge in [-0.15, -0.1) is 0 Å². The Kier molecular flexibility index (Phi) is 14.9. The lowest BCUT2D eigenvalue weighted by atomic mass is 9.70. The number of ether oxygens (including phenoxy) is 3. The maximum absolute atomic E-state index is 16.5. The lowest BCUT2D eigenvalue weighted by Gasteiger charge is -2.42. The number of aliphatic hydroxyl groups is 1. The Bertz CT molecular complexity index is 2210. The number of hydrogen-bond acceptors (Lipinski definition) is 8. The van der Waals surface area contributed by atoms with Gasteiger partial charge in [0.25, 0.3) is 0 Å². The Balaban J connectivity index is 1.08. The molecule has 0 amide bonds. The summed E-state index contributed by atoms with van der Waals surface area (Å²) in [6.45, 7) is 6.11. The fourth-order valence-corrected chi connectivity index (χ4v) is 11.9. The number of rotatable bonds is 16. The molecule has 0 bridgehead atoms. The van der Waals surface area contributed by atoms with Gasteiger partial charge in [-0.1, -0.05) is 54.9 Å². The molecule has 4 aromatic carbocycles. The number of anilines is 1. The minimum Gasteiger partial charge on any atom is -0.497 e. The van der Waals surface area contributed by atoms with Crippen LogP contribution in [0.25, 0.3) is 0 Å². The van der Waals surface area contributed by atoms with Crippen molar-refractivity contribution in [1.82, 2.24) is 9.21 Å². The molecule has 0 unspecified atom stereocenters. The molecule has 1 aliphatic carbocycles. The van der Waals surface area contributed by atoms with E-state index < -0.39 is 33.1 Å². The number of aryl methyl sites for hydroxylation is 1. The number of fused-ring (bicyclic) bond motifs is 3. The molecule has 5 atom stereocenters. The predicted molar refractivity (Wildman–Crippen MR) is 250 cm³/mol. The lowest BCUT2D eigenvalue weighted by Crippen LogP contribution is -2.51. The van der Waals surface area contributed by atoms with Gasteiger partial charge in [-0.25, -0.2) is 12.8 Å². The molecule has 2 aliphatic heterocycles. The summed E-state index contributed by atoms with van der Waals surface area (Å²) >= 11 is 8.82. The van der Waals surface area contributed by atoms with Crippen LogP contribution >= 0.6 is 34.2 Å². The molecule has 3 aliphatic rings. The Morgan fingerprint density at radius 3 is 2.31 bits per heavy atom. The van der Waals surface area contributed by atoms with E-state index in [0.717, 1.165) is 69.8 Å². The summed E-state index contributed by atoms with van der Waals surface area (Å²) in [7, 11) is -0.682. The van der Waals surface area contributed by atoms with Crippen molar-refractivity contribution in [2.24, 2.45) is 5.92 Å². The summed E-state index contributed by atoms with van der Waals surface area (Å²) in [6.07, 6.45) is 6.46. The molecule has 7 rings (SSSR count). The third kappa shape index (κ3) is 10.4. The van der Waals surface area contributed by atoms with Crippen LogP contribution in [0.4, 0.5) is 10.1 Å². The zero-order chi connectivity index (χ0) is 43.3. The first-order valence-electron chi connectivity index (χ1n) is 21.3. The van der Waals surface area contributed by atoms with Crippen LogP contribution in [0.3, 0.4) is 0 Å². The van der Waals surface area contributed by atoms with Crippen molar-refractivity contribution >= 4 is 49.9 Å². The van der Waals surface area contributed by atoms with Gasteiger partial charge in [0.1, 0.15) is 23.1 Å². The number of benzene rings is 4. The van der Waals surface area contributed by atoms with Gasteiger partial charge in [-0.2, -0.15) is 4.31 Å². The molecule has 1 saturated heterocycles. The van der Waals surface area contributed by atoms with Gasteiger partial charge in [-0.3, -0.25) is 4.90 Å². The summed E-state index contributed by atoms with van der Waals surface area (Å²) in [4.78, 5) is 4.55. The number of methoxy groups -OCH3 is 2. The monoisotopic (exact) mass is 985 g/mol. The first kappa shape index (κ1) is 45.6. The average Bonchev–Trinajstić information content (AvgIpc) is 3.66. The van der Waals surface area contributed by atoms with Crippen LogP contribution in [-0.2, 0) is 34.9 Å². The van der Waals surface area contributed by atoms with Crippen LogP contribution in [0.15, 0.2) is 96.8 Å².